The van der Waals surface area contributed by atoms with E-state index in [2.05, 4.69) is 77.8 Å². The summed E-state index contributed by atoms with van der Waals surface area (Å²) in [5.74, 6) is 1.36. The van der Waals surface area contributed by atoms with E-state index >= 15 is 0 Å². The fourth-order valence-corrected chi connectivity index (χ4v) is 3.09. The molecule has 0 aromatic heterocycles. The average Bonchev–Trinajstić information content (AvgIpc) is 2.42. The van der Waals surface area contributed by atoms with Crippen LogP contribution in [0.25, 0.3) is 0 Å². The standard InChI is InChI=1S/C21H39N/c1-9-11-16-21(13-10-2)20(8)22(18(5)6)19(7)15-12-14-17(3)4/h10,12,15,17-18,20-21H,2,7,9,11,13-14,16H2,1,3-6,8H3/b15-12-/t20-,21?/m1/s1. The molecule has 0 N–H and O–H groups in total. The lowest BCUT2D eigenvalue weighted by atomic mass is 9.89. The number of rotatable bonds is 12. The second-order valence-corrected chi connectivity index (χ2v) is 7.19. The Hall–Kier alpha value is -0.980. The van der Waals surface area contributed by atoms with Crippen molar-refractivity contribution >= 4 is 0 Å². The fourth-order valence-electron chi connectivity index (χ4n) is 3.09. The van der Waals surface area contributed by atoms with E-state index in [1.54, 1.807) is 0 Å². The van der Waals surface area contributed by atoms with Gasteiger partial charge in [0.1, 0.15) is 0 Å². The zero-order valence-corrected chi connectivity index (χ0v) is 15.9. The summed E-state index contributed by atoms with van der Waals surface area (Å²) in [5, 5.41) is 0. The van der Waals surface area contributed by atoms with E-state index in [0.29, 0.717) is 23.9 Å². The number of hydrogen-bond acceptors (Lipinski definition) is 1. The van der Waals surface area contributed by atoms with E-state index in [9.17, 15) is 0 Å². The van der Waals surface area contributed by atoms with E-state index in [1.165, 1.54) is 19.3 Å². The number of nitrogens with zero attached hydrogens (tertiary/aromatic N) is 1. The topological polar surface area (TPSA) is 3.24 Å². The monoisotopic (exact) mass is 305 g/mol. The van der Waals surface area contributed by atoms with E-state index < -0.39 is 0 Å². The number of allylic oxidation sites excluding steroid dienone is 3. The summed E-state index contributed by atoms with van der Waals surface area (Å²) >= 11 is 0. The summed E-state index contributed by atoms with van der Waals surface area (Å²) in [5.41, 5.74) is 1.15. The van der Waals surface area contributed by atoms with Gasteiger partial charge in [-0.2, -0.15) is 0 Å². The molecule has 0 aliphatic rings. The third-order valence-corrected chi connectivity index (χ3v) is 4.32. The first kappa shape index (κ1) is 21.0. The third-order valence-electron chi connectivity index (χ3n) is 4.32. The SMILES string of the molecule is C=CCC(CCCC)[C@@H](C)N(C(=C)/C=C\CC(C)C)C(C)C. The Balaban J connectivity index is 4.98. The second-order valence-electron chi connectivity index (χ2n) is 7.19. The van der Waals surface area contributed by atoms with Gasteiger partial charge < -0.3 is 4.90 Å². The van der Waals surface area contributed by atoms with Crippen LogP contribution in [-0.2, 0) is 0 Å². The van der Waals surface area contributed by atoms with Gasteiger partial charge >= 0.3 is 0 Å². The molecule has 0 aliphatic heterocycles. The van der Waals surface area contributed by atoms with Crippen molar-refractivity contribution in [1.82, 2.24) is 4.90 Å². The lowest BCUT2D eigenvalue weighted by Crippen LogP contribution is -2.41. The van der Waals surface area contributed by atoms with Gasteiger partial charge in [0.2, 0.25) is 0 Å². The van der Waals surface area contributed by atoms with Crippen molar-refractivity contribution in [2.45, 2.75) is 85.7 Å². The molecule has 0 radical (unpaired) electrons. The lowest BCUT2D eigenvalue weighted by molar-refractivity contribution is 0.160. The normalized spacial score (nSPS) is 14.5. The summed E-state index contributed by atoms with van der Waals surface area (Å²) in [7, 11) is 0. The van der Waals surface area contributed by atoms with Gasteiger partial charge in [0.25, 0.3) is 0 Å². The van der Waals surface area contributed by atoms with Gasteiger partial charge in [-0.3, -0.25) is 0 Å². The summed E-state index contributed by atoms with van der Waals surface area (Å²) in [4.78, 5) is 2.49. The van der Waals surface area contributed by atoms with Gasteiger partial charge in [0, 0.05) is 17.8 Å². The van der Waals surface area contributed by atoms with Crippen LogP contribution >= 0.6 is 0 Å². The molecule has 0 rings (SSSR count). The Morgan fingerprint density at radius 3 is 2.18 bits per heavy atom. The minimum Gasteiger partial charge on any atom is -0.367 e. The molecule has 1 heteroatoms. The maximum Gasteiger partial charge on any atom is 0.0295 e. The van der Waals surface area contributed by atoms with Crippen molar-refractivity contribution < 1.29 is 0 Å². The molecule has 2 atom stereocenters. The van der Waals surface area contributed by atoms with Gasteiger partial charge in [-0.25, -0.2) is 0 Å². The molecule has 0 aromatic rings. The van der Waals surface area contributed by atoms with E-state index in [0.717, 1.165) is 18.5 Å². The molecule has 0 saturated carbocycles. The van der Waals surface area contributed by atoms with Crippen molar-refractivity contribution in [1.29, 1.82) is 0 Å². The van der Waals surface area contributed by atoms with Crippen LogP contribution in [0.15, 0.2) is 37.1 Å². The molecule has 0 amide bonds. The third kappa shape index (κ3) is 7.87. The van der Waals surface area contributed by atoms with Crippen LogP contribution in [0.4, 0.5) is 0 Å². The van der Waals surface area contributed by atoms with Crippen molar-refractivity contribution in [3.8, 4) is 0 Å². The molecule has 0 fully saturated rings. The highest BCUT2D eigenvalue weighted by Crippen LogP contribution is 2.26. The second kappa shape index (κ2) is 11.6. The zero-order valence-electron chi connectivity index (χ0n) is 15.9. The van der Waals surface area contributed by atoms with Crippen LogP contribution in [0, 0.1) is 11.8 Å². The van der Waals surface area contributed by atoms with Crippen molar-refractivity contribution in [2.75, 3.05) is 0 Å². The molecular weight excluding hydrogens is 266 g/mol. The summed E-state index contributed by atoms with van der Waals surface area (Å²) in [6, 6.07) is 0.973. The number of hydrogen-bond donors (Lipinski definition) is 0. The maximum absolute atomic E-state index is 4.33. The molecular formula is C21H39N. The predicted octanol–water partition coefficient (Wildman–Crippen LogP) is 6.58. The van der Waals surface area contributed by atoms with E-state index in [1.807, 2.05) is 0 Å². The van der Waals surface area contributed by atoms with Crippen molar-refractivity contribution in [2.24, 2.45) is 11.8 Å². The molecule has 0 aliphatic carbocycles. The minimum atomic E-state index is 0.472. The van der Waals surface area contributed by atoms with Crippen molar-refractivity contribution in [3.05, 3.63) is 37.1 Å². The molecule has 0 aromatic carbocycles. The number of unbranched alkanes of at least 4 members (excludes halogenated alkanes) is 1. The summed E-state index contributed by atoms with van der Waals surface area (Å²) in [6.07, 6.45) is 12.6. The largest absolute Gasteiger partial charge is 0.367 e. The Morgan fingerprint density at radius 1 is 1.09 bits per heavy atom. The van der Waals surface area contributed by atoms with Crippen LogP contribution in [0.1, 0.15) is 73.6 Å². The van der Waals surface area contributed by atoms with Crippen LogP contribution in [0.2, 0.25) is 0 Å². The van der Waals surface area contributed by atoms with Gasteiger partial charge in [0.05, 0.1) is 0 Å². The van der Waals surface area contributed by atoms with Crippen LogP contribution < -0.4 is 0 Å². The average molecular weight is 306 g/mol. The quantitative estimate of drug-likeness (QED) is 0.290. The first-order chi connectivity index (χ1) is 10.3. The molecule has 0 saturated heterocycles. The highest BCUT2D eigenvalue weighted by molar-refractivity contribution is 5.15. The molecule has 22 heavy (non-hydrogen) atoms. The summed E-state index contributed by atoms with van der Waals surface area (Å²) in [6.45, 7) is 21.9. The Morgan fingerprint density at radius 2 is 1.73 bits per heavy atom. The molecule has 1 unspecified atom stereocenters. The van der Waals surface area contributed by atoms with Gasteiger partial charge in [-0.1, -0.05) is 52.3 Å². The Labute approximate surface area is 140 Å². The van der Waals surface area contributed by atoms with E-state index in [-0.39, 0.29) is 0 Å². The lowest BCUT2D eigenvalue weighted by Gasteiger charge is -2.40. The smallest absolute Gasteiger partial charge is 0.0295 e. The van der Waals surface area contributed by atoms with Crippen LogP contribution in [0.5, 0.6) is 0 Å². The predicted molar refractivity (Wildman–Crippen MR) is 102 cm³/mol. The summed E-state index contributed by atoms with van der Waals surface area (Å²) < 4.78 is 0. The van der Waals surface area contributed by atoms with E-state index in [4.69, 9.17) is 0 Å². The first-order valence-electron chi connectivity index (χ1n) is 9.09. The van der Waals surface area contributed by atoms with Crippen molar-refractivity contribution in [3.63, 3.8) is 0 Å². The molecule has 0 spiro atoms. The highest BCUT2D eigenvalue weighted by atomic mass is 15.2. The molecule has 128 valence electrons. The maximum atomic E-state index is 4.33. The van der Waals surface area contributed by atoms with Crippen LogP contribution in [0.3, 0.4) is 0 Å². The fraction of sp³-hybridized carbons (Fsp3) is 0.714. The Bertz CT molecular complexity index is 338. The van der Waals surface area contributed by atoms with Crippen LogP contribution in [-0.4, -0.2) is 17.0 Å². The minimum absolute atomic E-state index is 0.472. The molecule has 0 heterocycles. The first-order valence-corrected chi connectivity index (χ1v) is 9.09. The van der Waals surface area contributed by atoms with Gasteiger partial charge in [-0.15, -0.1) is 6.58 Å². The van der Waals surface area contributed by atoms with Gasteiger partial charge in [-0.05, 0) is 57.9 Å². The Kier molecular flexibility index (Phi) is 11.1. The molecule has 1 nitrogen and oxygen atoms in total. The zero-order chi connectivity index (χ0) is 17.1. The molecule has 0 bridgehead atoms. The highest BCUT2D eigenvalue weighted by Gasteiger charge is 2.24. The van der Waals surface area contributed by atoms with Gasteiger partial charge in [0.15, 0.2) is 0 Å².